The molecular formula is C22H26FN7O. The molecule has 0 spiro atoms. The highest BCUT2D eigenvalue weighted by Gasteiger charge is 2.34. The van der Waals surface area contributed by atoms with Gasteiger partial charge in [-0.2, -0.15) is 0 Å². The maximum Gasteiger partial charge on any atom is 0.275 e. The number of aromatic nitrogens is 4. The third-order valence-corrected chi connectivity index (χ3v) is 6.43. The number of nitrogens with one attached hydrogen (secondary N) is 1. The van der Waals surface area contributed by atoms with Crippen molar-refractivity contribution in [3.05, 3.63) is 48.1 Å². The van der Waals surface area contributed by atoms with Crippen molar-refractivity contribution in [2.75, 3.05) is 36.9 Å². The van der Waals surface area contributed by atoms with Gasteiger partial charge in [0, 0.05) is 37.6 Å². The van der Waals surface area contributed by atoms with Crippen LogP contribution in [0.1, 0.15) is 35.4 Å². The number of hydrogen-bond acceptors (Lipinski definition) is 6. The number of likely N-dealkylation sites (tertiary alicyclic amines) is 1. The van der Waals surface area contributed by atoms with E-state index in [4.69, 9.17) is 0 Å². The molecular weight excluding hydrogens is 397 g/mol. The normalized spacial score (nSPS) is 21.8. The van der Waals surface area contributed by atoms with E-state index in [1.807, 2.05) is 0 Å². The van der Waals surface area contributed by atoms with Gasteiger partial charge >= 0.3 is 0 Å². The standard InChI is InChI=1S/C22H26FN7O/c1-14-11-30-13-16(8-17(23)21(30)26-14)27-22(31)18-9-25-20(10-24-18)29-7-5-15(12-29)19-4-3-6-28(19)2/h8-11,13,15,19H,3-7,12H2,1-2H3,(H,27,31). The Morgan fingerprint density at radius 1 is 1.19 bits per heavy atom. The minimum atomic E-state index is -0.496. The fraction of sp³-hybridized carbons (Fsp3) is 0.455. The van der Waals surface area contributed by atoms with Crippen LogP contribution in [0.4, 0.5) is 15.9 Å². The number of anilines is 2. The highest BCUT2D eigenvalue weighted by atomic mass is 19.1. The van der Waals surface area contributed by atoms with Gasteiger partial charge in [0.15, 0.2) is 11.5 Å². The van der Waals surface area contributed by atoms with Gasteiger partial charge in [0.1, 0.15) is 11.5 Å². The minimum absolute atomic E-state index is 0.192. The molecule has 2 fully saturated rings. The maximum atomic E-state index is 14.2. The summed E-state index contributed by atoms with van der Waals surface area (Å²) in [4.78, 5) is 30.2. The van der Waals surface area contributed by atoms with E-state index in [9.17, 15) is 9.18 Å². The molecule has 5 heterocycles. The van der Waals surface area contributed by atoms with Crippen LogP contribution in [0.15, 0.2) is 30.9 Å². The number of carbonyl (C=O) groups excluding carboxylic acids is 1. The molecule has 2 aliphatic heterocycles. The molecule has 1 amide bonds. The highest BCUT2D eigenvalue weighted by molar-refractivity contribution is 6.02. The molecule has 2 unspecified atom stereocenters. The number of fused-ring (bicyclic) bond motifs is 1. The Kier molecular flexibility index (Phi) is 5.05. The molecule has 0 aliphatic carbocycles. The second-order valence-corrected chi connectivity index (χ2v) is 8.59. The summed E-state index contributed by atoms with van der Waals surface area (Å²) in [6.07, 6.45) is 10.2. The van der Waals surface area contributed by atoms with Crippen LogP contribution in [-0.2, 0) is 0 Å². The number of carbonyl (C=O) groups is 1. The van der Waals surface area contributed by atoms with Crippen molar-refractivity contribution in [3.63, 3.8) is 0 Å². The zero-order valence-corrected chi connectivity index (χ0v) is 17.8. The zero-order valence-electron chi connectivity index (χ0n) is 17.8. The van der Waals surface area contributed by atoms with Gasteiger partial charge in [-0.05, 0) is 45.7 Å². The molecule has 9 heteroatoms. The van der Waals surface area contributed by atoms with Crippen molar-refractivity contribution in [2.45, 2.75) is 32.2 Å². The van der Waals surface area contributed by atoms with Gasteiger partial charge in [-0.25, -0.2) is 19.3 Å². The Morgan fingerprint density at radius 2 is 2.06 bits per heavy atom. The van der Waals surface area contributed by atoms with Gasteiger partial charge in [-0.1, -0.05) is 0 Å². The summed E-state index contributed by atoms with van der Waals surface area (Å²) in [5, 5.41) is 2.69. The van der Waals surface area contributed by atoms with Crippen LogP contribution in [0.2, 0.25) is 0 Å². The van der Waals surface area contributed by atoms with Crippen molar-refractivity contribution in [3.8, 4) is 0 Å². The number of nitrogens with zero attached hydrogens (tertiary/aromatic N) is 6. The summed E-state index contributed by atoms with van der Waals surface area (Å²) in [6, 6.07) is 1.91. The number of aryl methyl sites for hydroxylation is 1. The number of halogens is 1. The summed E-state index contributed by atoms with van der Waals surface area (Å²) in [7, 11) is 2.21. The van der Waals surface area contributed by atoms with Crippen LogP contribution in [0.5, 0.6) is 0 Å². The fourth-order valence-corrected chi connectivity index (χ4v) is 4.89. The predicted octanol–water partition coefficient (Wildman–Crippen LogP) is 2.74. The van der Waals surface area contributed by atoms with E-state index in [2.05, 4.69) is 37.1 Å². The molecule has 0 saturated carbocycles. The topological polar surface area (TPSA) is 78.7 Å². The van der Waals surface area contributed by atoms with Crippen molar-refractivity contribution >= 4 is 23.1 Å². The Balaban J connectivity index is 1.25. The van der Waals surface area contributed by atoms with Crippen LogP contribution in [0.3, 0.4) is 0 Å². The molecule has 2 atom stereocenters. The maximum absolute atomic E-state index is 14.2. The van der Waals surface area contributed by atoms with Crippen molar-refractivity contribution in [2.24, 2.45) is 5.92 Å². The lowest BCUT2D eigenvalue weighted by Crippen LogP contribution is -2.34. The molecule has 3 aromatic rings. The van der Waals surface area contributed by atoms with E-state index in [0.717, 1.165) is 25.3 Å². The SMILES string of the molecule is Cc1cn2cc(NC(=O)c3cnc(N4CCC(C5CCCN5C)C4)cn3)cc(F)c2n1. The Bertz CT molecular complexity index is 1110. The smallest absolute Gasteiger partial charge is 0.275 e. The number of rotatable bonds is 4. The number of hydrogen-bond donors (Lipinski definition) is 1. The molecule has 5 rings (SSSR count). The van der Waals surface area contributed by atoms with Gasteiger partial charge in [-0.3, -0.25) is 4.79 Å². The van der Waals surface area contributed by atoms with Crippen LogP contribution in [0, 0.1) is 18.7 Å². The van der Waals surface area contributed by atoms with Crippen LogP contribution >= 0.6 is 0 Å². The van der Waals surface area contributed by atoms with Crippen LogP contribution < -0.4 is 10.2 Å². The second-order valence-electron chi connectivity index (χ2n) is 8.59. The average molecular weight is 423 g/mol. The average Bonchev–Trinajstić information content (AvgIpc) is 3.47. The van der Waals surface area contributed by atoms with Gasteiger partial charge in [0.2, 0.25) is 0 Å². The van der Waals surface area contributed by atoms with Gasteiger partial charge < -0.3 is 19.5 Å². The molecule has 2 aliphatic rings. The molecule has 0 radical (unpaired) electrons. The number of imidazole rings is 1. The van der Waals surface area contributed by atoms with Crippen LogP contribution in [0.25, 0.3) is 5.65 Å². The third-order valence-electron chi connectivity index (χ3n) is 6.43. The first-order chi connectivity index (χ1) is 15.0. The summed E-state index contributed by atoms with van der Waals surface area (Å²) >= 11 is 0. The summed E-state index contributed by atoms with van der Waals surface area (Å²) in [5.41, 5.74) is 1.46. The third kappa shape index (κ3) is 3.85. The fourth-order valence-electron chi connectivity index (χ4n) is 4.89. The lowest BCUT2D eigenvalue weighted by molar-refractivity contribution is 0.102. The predicted molar refractivity (Wildman–Crippen MR) is 116 cm³/mol. The Morgan fingerprint density at radius 3 is 2.81 bits per heavy atom. The molecule has 162 valence electrons. The van der Waals surface area contributed by atoms with E-state index in [0.29, 0.717) is 23.3 Å². The molecule has 31 heavy (non-hydrogen) atoms. The number of amides is 1. The first-order valence-corrected chi connectivity index (χ1v) is 10.7. The molecule has 0 bridgehead atoms. The lowest BCUT2D eigenvalue weighted by Gasteiger charge is -2.26. The summed E-state index contributed by atoms with van der Waals surface area (Å²) < 4.78 is 15.8. The monoisotopic (exact) mass is 423 g/mol. The van der Waals surface area contributed by atoms with E-state index >= 15 is 0 Å². The molecule has 2 saturated heterocycles. The zero-order chi connectivity index (χ0) is 21.5. The van der Waals surface area contributed by atoms with E-state index in [-0.39, 0.29) is 11.3 Å². The first-order valence-electron chi connectivity index (χ1n) is 10.7. The van der Waals surface area contributed by atoms with Gasteiger partial charge in [0.25, 0.3) is 5.91 Å². The molecule has 8 nitrogen and oxygen atoms in total. The molecule has 0 aromatic carbocycles. The van der Waals surface area contributed by atoms with E-state index < -0.39 is 11.7 Å². The minimum Gasteiger partial charge on any atom is -0.355 e. The first kappa shape index (κ1) is 19.9. The molecule has 3 aromatic heterocycles. The Hall–Kier alpha value is -3.07. The van der Waals surface area contributed by atoms with Crippen molar-refractivity contribution in [1.82, 2.24) is 24.3 Å². The number of pyridine rings is 1. The van der Waals surface area contributed by atoms with Gasteiger partial charge in [0.05, 0.1) is 23.8 Å². The van der Waals surface area contributed by atoms with E-state index in [1.54, 1.807) is 29.9 Å². The lowest BCUT2D eigenvalue weighted by atomic mass is 9.97. The second kappa shape index (κ2) is 7.88. The summed E-state index contributed by atoms with van der Waals surface area (Å²) in [6.45, 7) is 4.90. The Labute approximate surface area is 180 Å². The van der Waals surface area contributed by atoms with Crippen molar-refractivity contribution < 1.29 is 9.18 Å². The van der Waals surface area contributed by atoms with E-state index in [1.165, 1.54) is 31.6 Å². The van der Waals surface area contributed by atoms with Gasteiger partial charge in [-0.15, -0.1) is 0 Å². The summed E-state index contributed by atoms with van der Waals surface area (Å²) in [5.74, 6) is 0.514. The highest BCUT2D eigenvalue weighted by Crippen LogP contribution is 2.31. The largest absolute Gasteiger partial charge is 0.355 e. The van der Waals surface area contributed by atoms with Crippen molar-refractivity contribution in [1.29, 1.82) is 0 Å². The molecule has 1 N–H and O–H groups in total. The quantitative estimate of drug-likeness (QED) is 0.695. The van der Waals surface area contributed by atoms with Crippen LogP contribution in [-0.4, -0.2) is 62.9 Å².